The van der Waals surface area contributed by atoms with Crippen molar-refractivity contribution in [2.24, 2.45) is 5.73 Å². The van der Waals surface area contributed by atoms with Crippen molar-refractivity contribution in [3.05, 3.63) is 34.9 Å². The quantitative estimate of drug-likeness (QED) is 0.907. The van der Waals surface area contributed by atoms with E-state index in [0.717, 1.165) is 38.9 Å². The van der Waals surface area contributed by atoms with Crippen molar-refractivity contribution in [2.45, 2.75) is 38.5 Å². The Morgan fingerprint density at radius 1 is 1.04 bits per heavy atom. The highest BCUT2D eigenvalue weighted by Gasteiger charge is 2.53. The second kappa shape index (κ2) is 6.55. The molecule has 2 aliphatic rings. The molecule has 0 atom stereocenters. The van der Waals surface area contributed by atoms with Crippen molar-refractivity contribution in [1.82, 2.24) is 9.80 Å². The fourth-order valence-electron chi connectivity index (χ4n) is 3.86. The number of hydrogen-bond donors (Lipinski definition) is 1. The normalized spacial score (nSPS) is 20.5. The van der Waals surface area contributed by atoms with Crippen LogP contribution in [-0.2, 0) is 15.0 Å². The molecule has 0 radical (unpaired) electrons. The van der Waals surface area contributed by atoms with Gasteiger partial charge in [0.2, 0.25) is 11.8 Å². The van der Waals surface area contributed by atoms with E-state index in [1.807, 2.05) is 9.80 Å². The molecule has 24 heavy (non-hydrogen) atoms. The van der Waals surface area contributed by atoms with Gasteiger partial charge in [-0.3, -0.25) is 14.5 Å². The molecule has 1 saturated carbocycles. The number of nitrogens with zero attached hydrogens (tertiary/aromatic N) is 2. The molecule has 1 aliphatic carbocycles. The van der Waals surface area contributed by atoms with E-state index in [2.05, 4.69) is 32.0 Å². The molecule has 5 heteroatoms. The van der Waals surface area contributed by atoms with Crippen LogP contribution in [0.5, 0.6) is 0 Å². The van der Waals surface area contributed by atoms with Gasteiger partial charge in [-0.15, -0.1) is 0 Å². The highest BCUT2D eigenvalue weighted by molar-refractivity contribution is 5.91. The third-order valence-corrected chi connectivity index (χ3v) is 5.19. The number of rotatable bonds is 4. The highest BCUT2D eigenvalue weighted by atomic mass is 16.2. The second-order valence-electron chi connectivity index (χ2n) is 7.35. The van der Waals surface area contributed by atoms with Crippen LogP contribution in [0.2, 0.25) is 0 Å². The van der Waals surface area contributed by atoms with Gasteiger partial charge in [0.15, 0.2) is 0 Å². The zero-order chi connectivity index (χ0) is 17.3. The van der Waals surface area contributed by atoms with Gasteiger partial charge in [-0.05, 0) is 38.7 Å². The van der Waals surface area contributed by atoms with E-state index in [0.29, 0.717) is 6.54 Å². The molecular weight excluding hydrogens is 302 g/mol. The van der Waals surface area contributed by atoms with Gasteiger partial charge in [0.25, 0.3) is 0 Å². The van der Waals surface area contributed by atoms with Crippen molar-refractivity contribution >= 4 is 11.8 Å². The smallest absolute Gasteiger partial charge is 0.233 e. The van der Waals surface area contributed by atoms with Gasteiger partial charge in [0.1, 0.15) is 0 Å². The predicted octanol–water partition coefficient (Wildman–Crippen LogP) is 1.35. The van der Waals surface area contributed by atoms with Gasteiger partial charge in [0, 0.05) is 26.2 Å². The highest BCUT2D eigenvalue weighted by Crippen LogP contribution is 2.50. The number of carbonyl (C=O) groups excluding carboxylic acids is 2. The number of benzene rings is 1. The van der Waals surface area contributed by atoms with E-state index in [9.17, 15) is 9.59 Å². The third-order valence-electron chi connectivity index (χ3n) is 5.19. The summed E-state index contributed by atoms with van der Waals surface area (Å²) < 4.78 is 0. The lowest BCUT2D eigenvalue weighted by molar-refractivity contribution is -0.133. The molecule has 1 aromatic carbocycles. The minimum Gasteiger partial charge on any atom is -0.369 e. The number of aryl methyl sites for hydroxylation is 2. The third kappa shape index (κ3) is 3.46. The van der Waals surface area contributed by atoms with Crippen LogP contribution in [0.15, 0.2) is 18.2 Å². The van der Waals surface area contributed by atoms with Gasteiger partial charge in [-0.1, -0.05) is 29.3 Å². The molecular formula is C19H27N3O2. The number of primary amides is 1. The van der Waals surface area contributed by atoms with Crippen molar-refractivity contribution in [3.63, 3.8) is 0 Å². The topological polar surface area (TPSA) is 66.6 Å². The first-order valence-electron chi connectivity index (χ1n) is 8.79. The van der Waals surface area contributed by atoms with Crippen LogP contribution in [0.4, 0.5) is 0 Å². The van der Waals surface area contributed by atoms with Crippen LogP contribution < -0.4 is 5.73 Å². The number of amides is 2. The first-order chi connectivity index (χ1) is 11.4. The molecule has 130 valence electrons. The molecule has 0 aromatic heterocycles. The maximum absolute atomic E-state index is 13.2. The van der Waals surface area contributed by atoms with Crippen LogP contribution in [0.25, 0.3) is 0 Å². The molecule has 1 heterocycles. The average Bonchev–Trinajstić information content (AvgIpc) is 3.30. The number of nitrogens with two attached hydrogens (primary N) is 1. The van der Waals surface area contributed by atoms with Gasteiger partial charge >= 0.3 is 0 Å². The Kier molecular flexibility index (Phi) is 4.63. The van der Waals surface area contributed by atoms with E-state index < -0.39 is 0 Å². The predicted molar refractivity (Wildman–Crippen MR) is 93.7 cm³/mol. The molecule has 1 aliphatic heterocycles. The first kappa shape index (κ1) is 17.0. The minimum absolute atomic E-state index is 0.258. The Hall–Kier alpha value is -1.88. The lowest BCUT2D eigenvalue weighted by Crippen LogP contribution is -2.42. The Morgan fingerprint density at radius 3 is 2.29 bits per heavy atom. The monoisotopic (exact) mass is 329 g/mol. The maximum Gasteiger partial charge on any atom is 0.233 e. The van der Waals surface area contributed by atoms with Crippen molar-refractivity contribution in [2.75, 3.05) is 32.7 Å². The summed E-state index contributed by atoms with van der Waals surface area (Å²) >= 11 is 0. The summed E-state index contributed by atoms with van der Waals surface area (Å²) in [5, 5.41) is 0. The van der Waals surface area contributed by atoms with Crippen molar-refractivity contribution in [3.8, 4) is 0 Å². The van der Waals surface area contributed by atoms with Gasteiger partial charge in [-0.25, -0.2) is 0 Å². The van der Waals surface area contributed by atoms with E-state index >= 15 is 0 Å². The zero-order valence-corrected chi connectivity index (χ0v) is 14.7. The van der Waals surface area contributed by atoms with Crippen LogP contribution in [0, 0.1) is 13.8 Å². The zero-order valence-electron chi connectivity index (χ0n) is 14.7. The van der Waals surface area contributed by atoms with Crippen LogP contribution in [0.3, 0.4) is 0 Å². The summed E-state index contributed by atoms with van der Waals surface area (Å²) in [5.41, 5.74) is 8.58. The number of hydrogen-bond acceptors (Lipinski definition) is 3. The lowest BCUT2D eigenvalue weighted by Gasteiger charge is -2.27. The molecule has 5 nitrogen and oxygen atoms in total. The summed E-state index contributed by atoms with van der Waals surface area (Å²) in [6.45, 7) is 7.44. The largest absolute Gasteiger partial charge is 0.369 e. The Labute approximate surface area is 143 Å². The summed E-state index contributed by atoms with van der Waals surface area (Å²) in [6, 6.07) is 6.47. The number of carbonyl (C=O) groups is 2. The Bertz CT molecular complexity index is 632. The van der Waals surface area contributed by atoms with E-state index in [1.54, 1.807) is 0 Å². The van der Waals surface area contributed by atoms with Crippen LogP contribution in [-0.4, -0.2) is 54.3 Å². The fraction of sp³-hybridized carbons (Fsp3) is 0.579. The molecule has 1 saturated heterocycles. The van der Waals surface area contributed by atoms with Crippen LogP contribution >= 0.6 is 0 Å². The fourth-order valence-corrected chi connectivity index (χ4v) is 3.86. The standard InChI is InChI=1S/C19H27N3O2/c1-14-10-15(2)12-16(11-14)19(4-5-19)18(24)22-7-3-6-21(8-9-22)13-17(20)23/h10-12H,3-9,13H2,1-2H3,(H2,20,23). The minimum atomic E-state index is -0.310. The SMILES string of the molecule is Cc1cc(C)cc(C2(C(=O)N3CCCN(CC(N)=O)CC3)CC2)c1. The second-order valence-corrected chi connectivity index (χ2v) is 7.35. The van der Waals surface area contributed by atoms with Gasteiger partial charge < -0.3 is 10.6 Å². The average molecular weight is 329 g/mol. The van der Waals surface area contributed by atoms with Crippen molar-refractivity contribution in [1.29, 1.82) is 0 Å². The molecule has 0 unspecified atom stereocenters. The van der Waals surface area contributed by atoms with Crippen molar-refractivity contribution < 1.29 is 9.59 Å². The lowest BCUT2D eigenvalue weighted by atomic mass is 9.91. The molecule has 2 fully saturated rings. The van der Waals surface area contributed by atoms with E-state index in [4.69, 9.17) is 5.73 Å². The maximum atomic E-state index is 13.2. The molecule has 2 amide bonds. The van der Waals surface area contributed by atoms with Crippen LogP contribution in [0.1, 0.15) is 36.0 Å². The molecule has 2 N–H and O–H groups in total. The van der Waals surface area contributed by atoms with E-state index in [1.165, 1.54) is 16.7 Å². The molecule has 1 aromatic rings. The van der Waals surface area contributed by atoms with Gasteiger partial charge in [-0.2, -0.15) is 0 Å². The van der Waals surface area contributed by atoms with E-state index in [-0.39, 0.29) is 23.8 Å². The summed E-state index contributed by atoms with van der Waals surface area (Å²) in [5.74, 6) is -0.0444. The Morgan fingerprint density at radius 2 is 1.71 bits per heavy atom. The Balaban J connectivity index is 1.73. The molecule has 3 rings (SSSR count). The molecule has 0 bridgehead atoms. The first-order valence-corrected chi connectivity index (χ1v) is 8.79. The summed E-state index contributed by atoms with van der Waals surface area (Å²) in [6.07, 6.45) is 2.77. The summed E-state index contributed by atoms with van der Waals surface area (Å²) in [4.78, 5) is 28.4. The molecule has 0 spiro atoms. The summed E-state index contributed by atoms with van der Waals surface area (Å²) in [7, 11) is 0. The van der Waals surface area contributed by atoms with Gasteiger partial charge in [0.05, 0.1) is 12.0 Å².